The van der Waals surface area contributed by atoms with Crippen LogP contribution in [0.5, 0.6) is 17.2 Å². The molecule has 210 valence electrons. The van der Waals surface area contributed by atoms with Gasteiger partial charge in [-0.15, -0.1) is 0 Å². The van der Waals surface area contributed by atoms with E-state index in [0.29, 0.717) is 35.0 Å². The first-order valence-corrected chi connectivity index (χ1v) is 13.0. The summed E-state index contributed by atoms with van der Waals surface area (Å²) in [7, 11) is 1.54. The number of ether oxygens (including phenoxy) is 2. The Kier molecular flexibility index (Phi) is 9.56. The molecule has 0 aliphatic heterocycles. The third-order valence-corrected chi connectivity index (χ3v) is 6.20. The summed E-state index contributed by atoms with van der Waals surface area (Å²) in [6.07, 6.45) is 0.162. The molecule has 41 heavy (non-hydrogen) atoms. The van der Waals surface area contributed by atoms with Gasteiger partial charge in [-0.25, -0.2) is 0 Å². The van der Waals surface area contributed by atoms with Crippen LogP contribution < -0.4 is 25.4 Å². The van der Waals surface area contributed by atoms with Crippen molar-refractivity contribution in [2.75, 3.05) is 24.4 Å². The van der Waals surface area contributed by atoms with Crippen LogP contribution in [-0.2, 0) is 11.2 Å². The van der Waals surface area contributed by atoms with Gasteiger partial charge in [0.2, 0.25) is 5.91 Å². The van der Waals surface area contributed by atoms with Gasteiger partial charge in [0.05, 0.1) is 25.0 Å². The van der Waals surface area contributed by atoms with Gasteiger partial charge >= 0.3 is 0 Å². The van der Waals surface area contributed by atoms with Gasteiger partial charge in [0, 0.05) is 17.7 Å². The molecular formula is C32H31N3O6. The van der Waals surface area contributed by atoms with Crippen molar-refractivity contribution < 1.29 is 29.0 Å². The zero-order chi connectivity index (χ0) is 29.2. The van der Waals surface area contributed by atoms with E-state index in [2.05, 4.69) is 16.0 Å². The standard InChI is InChI=1S/C32H31N3O6/c1-3-41-26-18-12-23(13-19-26)33-32(39)29(20-21-8-14-24(36)15-9-21)35-31(38)27-6-4-5-7-28(27)34-30(37)22-10-16-25(40-2)17-11-22/h4-19,29,36H,3,20H2,1-2H3,(H,33,39)(H,34,37)(H,35,38)/t29-/m1/s1. The number of rotatable bonds is 11. The van der Waals surface area contributed by atoms with Gasteiger partial charge in [0.25, 0.3) is 11.8 Å². The molecule has 0 bridgehead atoms. The second kappa shape index (κ2) is 13.7. The maximum absolute atomic E-state index is 13.5. The first kappa shape index (κ1) is 28.7. The first-order valence-electron chi connectivity index (χ1n) is 13.0. The summed E-state index contributed by atoms with van der Waals surface area (Å²) in [5, 5.41) is 18.1. The van der Waals surface area contributed by atoms with E-state index in [1.54, 1.807) is 84.9 Å². The van der Waals surface area contributed by atoms with Crippen LogP contribution in [-0.4, -0.2) is 42.6 Å². The minimum absolute atomic E-state index is 0.0923. The molecule has 0 heterocycles. The first-order chi connectivity index (χ1) is 19.9. The van der Waals surface area contributed by atoms with E-state index in [1.807, 2.05) is 6.92 Å². The molecule has 0 aromatic heterocycles. The third-order valence-electron chi connectivity index (χ3n) is 6.20. The summed E-state index contributed by atoms with van der Waals surface area (Å²) < 4.78 is 10.6. The highest BCUT2D eigenvalue weighted by Gasteiger charge is 2.24. The molecule has 3 amide bonds. The summed E-state index contributed by atoms with van der Waals surface area (Å²) >= 11 is 0. The molecule has 0 aliphatic rings. The van der Waals surface area contributed by atoms with Gasteiger partial charge in [-0.2, -0.15) is 0 Å². The predicted octanol–water partition coefficient (Wildman–Crippen LogP) is 5.03. The quantitative estimate of drug-likeness (QED) is 0.206. The molecule has 4 aromatic rings. The molecule has 4 aromatic carbocycles. The van der Waals surface area contributed by atoms with Crippen molar-refractivity contribution in [1.82, 2.24) is 5.32 Å². The van der Waals surface area contributed by atoms with Crippen LogP contribution in [0.15, 0.2) is 97.1 Å². The number of hydrogen-bond acceptors (Lipinski definition) is 6. The maximum Gasteiger partial charge on any atom is 0.255 e. The molecule has 0 spiro atoms. The van der Waals surface area contributed by atoms with E-state index in [0.717, 1.165) is 5.56 Å². The summed E-state index contributed by atoms with van der Waals surface area (Å²) in [6.45, 7) is 2.41. The fraction of sp³-hybridized carbons (Fsp3) is 0.156. The number of hydrogen-bond donors (Lipinski definition) is 4. The van der Waals surface area contributed by atoms with Crippen LogP contribution in [0.2, 0.25) is 0 Å². The number of carbonyl (C=O) groups is 3. The molecule has 0 aliphatic carbocycles. The van der Waals surface area contributed by atoms with Crippen LogP contribution in [0.3, 0.4) is 0 Å². The minimum atomic E-state index is -0.969. The van der Waals surface area contributed by atoms with Gasteiger partial charge in [-0.3, -0.25) is 14.4 Å². The Morgan fingerprint density at radius 3 is 2.10 bits per heavy atom. The summed E-state index contributed by atoms with van der Waals surface area (Å²) in [5.41, 5.74) is 2.15. The molecular weight excluding hydrogens is 522 g/mol. The number of phenolic OH excluding ortho intramolecular Hbond substituents is 1. The van der Waals surface area contributed by atoms with Gasteiger partial charge in [-0.1, -0.05) is 24.3 Å². The SMILES string of the molecule is CCOc1ccc(NC(=O)[C@@H](Cc2ccc(O)cc2)NC(=O)c2ccccc2NC(=O)c2ccc(OC)cc2)cc1. The number of nitrogens with one attached hydrogen (secondary N) is 3. The molecule has 0 saturated heterocycles. The molecule has 9 heteroatoms. The van der Waals surface area contributed by atoms with Gasteiger partial charge < -0.3 is 30.5 Å². The van der Waals surface area contributed by atoms with Crippen LogP contribution in [0, 0.1) is 0 Å². The second-order valence-corrected chi connectivity index (χ2v) is 9.07. The monoisotopic (exact) mass is 553 g/mol. The predicted molar refractivity (Wildman–Crippen MR) is 157 cm³/mol. The maximum atomic E-state index is 13.5. The van der Waals surface area contributed by atoms with Crippen LogP contribution in [0.1, 0.15) is 33.2 Å². The Hall–Kier alpha value is -5.31. The Bertz CT molecular complexity index is 1490. The van der Waals surface area contributed by atoms with E-state index in [1.165, 1.54) is 19.2 Å². The number of phenols is 1. The topological polar surface area (TPSA) is 126 Å². The molecule has 0 saturated carbocycles. The number of carbonyl (C=O) groups excluding carboxylic acids is 3. The van der Waals surface area contributed by atoms with Gasteiger partial charge in [0.1, 0.15) is 23.3 Å². The summed E-state index contributed by atoms with van der Waals surface area (Å²) in [4.78, 5) is 39.7. The lowest BCUT2D eigenvalue weighted by molar-refractivity contribution is -0.118. The smallest absolute Gasteiger partial charge is 0.255 e. The number of anilines is 2. The van der Waals surface area contributed by atoms with E-state index in [4.69, 9.17) is 9.47 Å². The van der Waals surface area contributed by atoms with E-state index in [-0.39, 0.29) is 17.7 Å². The van der Waals surface area contributed by atoms with E-state index < -0.39 is 23.8 Å². The third kappa shape index (κ3) is 7.86. The van der Waals surface area contributed by atoms with Crippen molar-refractivity contribution in [3.8, 4) is 17.2 Å². The Morgan fingerprint density at radius 1 is 0.780 bits per heavy atom. The second-order valence-electron chi connectivity index (χ2n) is 9.07. The highest BCUT2D eigenvalue weighted by atomic mass is 16.5. The highest BCUT2D eigenvalue weighted by Crippen LogP contribution is 2.20. The van der Waals surface area contributed by atoms with Crippen molar-refractivity contribution in [2.45, 2.75) is 19.4 Å². The lowest BCUT2D eigenvalue weighted by atomic mass is 10.0. The number of methoxy groups -OCH3 is 1. The fourth-order valence-electron chi connectivity index (χ4n) is 4.07. The average molecular weight is 554 g/mol. The molecule has 0 radical (unpaired) electrons. The number of benzene rings is 4. The van der Waals surface area contributed by atoms with Crippen molar-refractivity contribution in [1.29, 1.82) is 0 Å². The number of amides is 3. The minimum Gasteiger partial charge on any atom is -0.508 e. The van der Waals surface area contributed by atoms with E-state index >= 15 is 0 Å². The normalized spacial score (nSPS) is 11.2. The largest absolute Gasteiger partial charge is 0.508 e. The molecule has 9 nitrogen and oxygen atoms in total. The van der Waals surface area contributed by atoms with Crippen molar-refractivity contribution >= 4 is 29.1 Å². The summed E-state index contributed by atoms with van der Waals surface area (Å²) in [5.74, 6) is 0.00494. The molecule has 4 N–H and O–H groups in total. The highest BCUT2D eigenvalue weighted by molar-refractivity contribution is 6.10. The number of para-hydroxylation sites is 1. The van der Waals surface area contributed by atoms with Gasteiger partial charge in [0.15, 0.2) is 0 Å². The molecule has 4 rings (SSSR count). The molecule has 0 fully saturated rings. The van der Waals surface area contributed by atoms with Crippen molar-refractivity contribution in [2.24, 2.45) is 0 Å². The van der Waals surface area contributed by atoms with Crippen LogP contribution in [0.25, 0.3) is 0 Å². The Morgan fingerprint density at radius 2 is 1.44 bits per heavy atom. The lowest BCUT2D eigenvalue weighted by Gasteiger charge is -2.20. The van der Waals surface area contributed by atoms with Crippen molar-refractivity contribution in [3.63, 3.8) is 0 Å². The number of aromatic hydroxyl groups is 1. The van der Waals surface area contributed by atoms with Crippen LogP contribution >= 0.6 is 0 Å². The molecule has 1 atom stereocenters. The Labute approximate surface area is 238 Å². The lowest BCUT2D eigenvalue weighted by Crippen LogP contribution is -2.45. The van der Waals surface area contributed by atoms with Crippen LogP contribution in [0.4, 0.5) is 11.4 Å². The van der Waals surface area contributed by atoms with Crippen molar-refractivity contribution in [3.05, 3.63) is 114 Å². The zero-order valence-electron chi connectivity index (χ0n) is 22.7. The zero-order valence-corrected chi connectivity index (χ0v) is 22.7. The van der Waals surface area contributed by atoms with Gasteiger partial charge in [-0.05, 0) is 85.3 Å². The molecule has 0 unspecified atom stereocenters. The fourth-order valence-corrected chi connectivity index (χ4v) is 4.07. The Balaban J connectivity index is 1.53. The van der Waals surface area contributed by atoms with E-state index in [9.17, 15) is 19.5 Å². The summed E-state index contributed by atoms with van der Waals surface area (Å²) in [6, 6.07) is 25.5. The average Bonchev–Trinajstić information content (AvgIpc) is 2.99.